The monoisotopic (exact) mass is 303 g/mol. The molecule has 1 aliphatic carbocycles. The van der Waals surface area contributed by atoms with Crippen molar-refractivity contribution in [1.29, 1.82) is 0 Å². The van der Waals surface area contributed by atoms with Crippen LogP contribution in [0.3, 0.4) is 0 Å². The minimum Gasteiger partial charge on any atom is -0.314 e. The number of hydrogen-bond acceptors (Lipinski definition) is 1. The number of halogens is 2. The third-order valence-corrected chi connectivity index (χ3v) is 4.49. The van der Waals surface area contributed by atoms with Gasteiger partial charge < -0.3 is 5.32 Å². The zero-order chi connectivity index (χ0) is 14.7. The third-order valence-electron chi connectivity index (χ3n) is 4.24. The van der Waals surface area contributed by atoms with Crippen molar-refractivity contribution in [3.63, 3.8) is 0 Å². The summed E-state index contributed by atoms with van der Waals surface area (Å²) in [6.07, 6.45) is 3.31. The van der Waals surface area contributed by atoms with Gasteiger partial charge in [-0.1, -0.05) is 35.9 Å². The van der Waals surface area contributed by atoms with Gasteiger partial charge in [-0.25, -0.2) is 4.39 Å². The van der Waals surface area contributed by atoms with Crippen molar-refractivity contribution in [3.8, 4) is 0 Å². The first-order chi connectivity index (χ1) is 10.2. The summed E-state index contributed by atoms with van der Waals surface area (Å²) >= 11 is 5.87. The molecule has 0 aliphatic heterocycles. The van der Waals surface area contributed by atoms with Gasteiger partial charge in [0.15, 0.2) is 0 Å². The summed E-state index contributed by atoms with van der Waals surface area (Å²) in [6, 6.07) is 15.5. The number of benzene rings is 2. The molecule has 3 heteroatoms. The van der Waals surface area contributed by atoms with Crippen LogP contribution in [0.2, 0.25) is 5.02 Å². The van der Waals surface area contributed by atoms with Crippen LogP contribution in [0.5, 0.6) is 0 Å². The first-order valence-corrected chi connectivity index (χ1v) is 7.82. The van der Waals surface area contributed by atoms with Crippen LogP contribution in [0, 0.1) is 5.82 Å². The van der Waals surface area contributed by atoms with Crippen LogP contribution in [0.4, 0.5) is 4.39 Å². The SMILES string of the molecule is Fc1ccc(C2CC(NCCc3ccc(Cl)cc3)C2)cc1. The quantitative estimate of drug-likeness (QED) is 0.854. The molecule has 0 atom stereocenters. The Labute approximate surface area is 130 Å². The lowest BCUT2D eigenvalue weighted by Gasteiger charge is -2.36. The van der Waals surface area contributed by atoms with Crippen molar-refractivity contribution in [2.24, 2.45) is 0 Å². The highest BCUT2D eigenvalue weighted by Crippen LogP contribution is 2.36. The van der Waals surface area contributed by atoms with Crippen molar-refractivity contribution in [3.05, 3.63) is 70.5 Å². The Balaban J connectivity index is 1.39. The molecule has 1 N–H and O–H groups in total. The second-order valence-electron chi connectivity index (χ2n) is 5.75. The van der Waals surface area contributed by atoms with E-state index in [0.717, 1.165) is 30.8 Å². The van der Waals surface area contributed by atoms with Gasteiger partial charge in [-0.2, -0.15) is 0 Å². The number of rotatable bonds is 5. The van der Waals surface area contributed by atoms with Crippen LogP contribution in [-0.4, -0.2) is 12.6 Å². The Morgan fingerprint density at radius 3 is 2.33 bits per heavy atom. The fourth-order valence-corrected chi connectivity index (χ4v) is 2.99. The molecule has 1 fully saturated rings. The summed E-state index contributed by atoms with van der Waals surface area (Å²) in [4.78, 5) is 0. The molecule has 0 unspecified atom stereocenters. The zero-order valence-corrected chi connectivity index (χ0v) is 12.6. The van der Waals surface area contributed by atoms with Gasteiger partial charge in [0, 0.05) is 11.1 Å². The van der Waals surface area contributed by atoms with Crippen molar-refractivity contribution >= 4 is 11.6 Å². The molecule has 0 aromatic heterocycles. The van der Waals surface area contributed by atoms with Gasteiger partial charge in [0.25, 0.3) is 0 Å². The molecule has 2 aromatic carbocycles. The first kappa shape index (κ1) is 14.6. The molecule has 1 aliphatic rings. The molecule has 2 aromatic rings. The Bertz CT molecular complexity index is 573. The molecule has 110 valence electrons. The van der Waals surface area contributed by atoms with E-state index in [0.29, 0.717) is 12.0 Å². The summed E-state index contributed by atoms with van der Waals surface area (Å²) < 4.78 is 12.9. The van der Waals surface area contributed by atoms with Crippen LogP contribution in [0.25, 0.3) is 0 Å². The average molecular weight is 304 g/mol. The Kier molecular flexibility index (Phi) is 4.57. The molecular formula is C18H19ClFN. The fraction of sp³-hybridized carbons (Fsp3) is 0.333. The van der Waals surface area contributed by atoms with E-state index in [1.54, 1.807) is 12.1 Å². The maximum absolute atomic E-state index is 12.9. The van der Waals surface area contributed by atoms with Crippen molar-refractivity contribution in [2.45, 2.75) is 31.2 Å². The molecular weight excluding hydrogens is 285 g/mol. The van der Waals surface area contributed by atoms with E-state index in [4.69, 9.17) is 11.6 Å². The molecule has 0 saturated heterocycles. The minimum absolute atomic E-state index is 0.157. The van der Waals surface area contributed by atoms with Crippen LogP contribution in [-0.2, 0) is 6.42 Å². The Morgan fingerprint density at radius 1 is 1.00 bits per heavy atom. The van der Waals surface area contributed by atoms with Gasteiger partial charge in [-0.05, 0) is 67.1 Å². The second kappa shape index (κ2) is 6.59. The largest absolute Gasteiger partial charge is 0.314 e. The predicted molar refractivity (Wildman–Crippen MR) is 85.3 cm³/mol. The maximum Gasteiger partial charge on any atom is 0.123 e. The van der Waals surface area contributed by atoms with Gasteiger partial charge in [-0.15, -0.1) is 0 Å². The molecule has 1 saturated carbocycles. The summed E-state index contributed by atoms with van der Waals surface area (Å²) in [7, 11) is 0. The first-order valence-electron chi connectivity index (χ1n) is 7.44. The molecule has 0 radical (unpaired) electrons. The van der Waals surface area contributed by atoms with Crippen LogP contribution >= 0.6 is 11.6 Å². The topological polar surface area (TPSA) is 12.0 Å². The van der Waals surface area contributed by atoms with Gasteiger partial charge in [0.1, 0.15) is 5.82 Å². The lowest BCUT2D eigenvalue weighted by atomic mass is 9.76. The summed E-state index contributed by atoms with van der Waals surface area (Å²) in [5.74, 6) is 0.425. The van der Waals surface area contributed by atoms with Crippen LogP contribution in [0.1, 0.15) is 29.9 Å². The zero-order valence-electron chi connectivity index (χ0n) is 11.9. The minimum atomic E-state index is -0.157. The number of hydrogen-bond donors (Lipinski definition) is 1. The lowest BCUT2D eigenvalue weighted by molar-refractivity contribution is 0.292. The Hall–Kier alpha value is -1.38. The second-order valence-corrected chi connectivity index (χ2v) is 6.18. The normalized spacial score (nSPS) is 21.0. The average Bonchev–Trinajstić information content (AvgIpc) is 2.45. The van der Waals surface area contributed by atoms with Crippen molar-refractivity contribution in [1.82, 2.24) is 5.32 Å². The summed E-state index contributed by atoms with van der Waals surface area (Å²) in [6.45, 7) is 0.989. The smallest absolute Gasteiger partial charge is 0.123 e. The lowest BCUT2D eigenvalue weighted by Crippen LogP contribution is -2.40. The van der Waals surface area contributed by atoms with E-state index < -0.39 is 0 Å². The van der Waals surface area contributed by atoms with E-state index in [-0.39, 0.29) is 5.82 Å². The molecule has 0 amide bonds. The van der Waals surface area contributed by atoms with E-state index in [2.05, 4.69) is 17.4 Å². The molecule has 1 nitrogen and oxygen atoms in total. The van der Waals surface area contributed by atoms with Gasteiger partial charge in [0.2, 0.25) is 0 Å². The van der Waals surface area contributed by atoms with Gasteiger partial charge >= 0.3 is 0 Å². The molecule has 0 spiro atoms. The standard InChI is InChI=1S/C18H19ClFN/c19-16-5-1-13(2-6-16)9-10-21-18-11-15(12-18)14-3-7-17(20)8-4-14/h1-8,15,18,21H,9-12H2. The Morgan fingerprint density at radius 2 is 1.67 bits per heavy atom. The molecule has 3 rings (SSSR count). The molecule has 0 bridgehead atoms. The van der Waals surface area contributed by atoms with Gasteiger partial charge in [-0.3, -0.25) is 0 Å². The molecule has 21 heavy (non-hydrogen) atoms. The fourth-order valence-electron chi connectivity index (χ4n) is 2.86. The van der Waals surface area contributed by atoms with E-state index >= 15 is 0 Å². The highest BCUT2D eigenvalue weighted by atomic mass is 35.5. The highest BCUT2D eigenvalue weighted by Gasteiger charge is 2.29. The van der Waals surface area contributed by atoms with E-state index in [1.165, 1.54) is 11.1 Å². The molecule has 0 heterocycles. The van der Waals surface area contributed by atoms with E-state index in [9.17, 15) is 4.39 Å². The third kappa shape index (κ3) is 3.84. The van der Waals surface area contributed by atoms with Crippen molar-refractivity contribution in [2.75, 3.05) is 6.54 Å². The maximum atomic E-state index is 12.9. The summed E-state index contributed by atoms with van der Waals surface area (Å²) in [5.41, 5.74) is 2.56. The van der Waals surface area contributed by atoms with E-state index in [1.807, 2.05) is 24.3 Å². The van der Waals surface area contributed by atoms with Gasteiger partial charge in [0.05, 0.1) is 0 Å². The van der Waals surface area contributed by atoms with Crippen molar-refractivity contribution < 1.29 is 4.39 Å². The van der Waals surface area contributed by atoms with Crippen LogP contribution < -0.4 is 5.32 Å². The summed E-state index contributed by atoms with van der Waals surface area (Å²) in [5, 5.41) is 4.37. The number of nitrogens with one attached hydrogen (secondary N) is 1. The predicted octanol–water partition coefficient (Wildman–Crippen LogP) is 4.56. The highest BCUT2D eigenvalue weighted by molar-refractivity contribution is 6.30. The van der Waals surface area contributed by atoms with Crippen LogP contribution in [0.15, 0.2) is 48.5 Å².